The summed E-state index contributed by atoms with van der Waals surface area (Å²) in [4.78, 5) is 12.6. The Labute approximate surface area is 151 Å². The maximum atomic E-state index is 13.5. The molecular weight excluding hydrogens is 363 g/mol. The Balaban J connectivity index is 2.01. The van der Waals surface area contributed by atoms with Crippen molar-refractivity contribution in [1.29, 1.82) is 0 Å². The van der Waals surface area contributed by atoms with Crippen LogP contribution in [0.4, 0.5) is 10.1 Å². The molecule has 0 saturated heterocycles. The van der Waals surface area contributed by atoms with Crippen molar-refractivity contribution in [3.8, 4) is 0 Å². The summed E-state index contributed by atoms with van der Waals surface area (Å²) in [7, 11) is -0.799. The van der Waals surface area contributed by atoms with E-state index in [-0.39, 0.29) is 28.7 Å². The summed E-state index contributed by atoms with van der Waals surface area (Å²) >= 11 is 1.24. The largest absolute Gasteiger partial charge is 0.325 e. The minimum absolute atomic E-state index is 0.0371. The van der Waals surface area contributed by atoms with E-state index in [0.29, 0.717) is 10.6 Å². The normalized spacial score (nSPS) is 11.5. The number of anilines is 1. The summed E-state index contributed by atoms with van der Waals surface area (Å²) in [5, 5.41) is 2.62. The molecule has 1 N–H and O–H groups in total. The molecule has 5 nitrogen and oxygen atoms in total. The summed E-state index contributed by atoms with van der Waals surface area (Å²) in [5.74, 6) is -0.268. The van der Waals surface area contributed by atoms with E-state index in [9.17, 15) is 17.6 Å². The summed E-state index contributed by atoms with van der Waals surface area (Å²) in [6.07, 6.45) is 0.134. The Morgan fingerprint density at radius 2 is 1.76 bits per heavy atom. The fraction of sp³-hybridized carbons (Fsp3) is 0.235. The van der Waals surface area contributed by atoms with Crippen LogP contribution < -0.4 is 5.32 Å². The lowest BCUT2D eigenvalue weighted by Crippen LogP contribution is -2.24. The van der Waals surface area contributed by atoms with Crippen molar-refractivity contribution < 1.29 is 17.6 Å². The second-order valence-corrected chi connectivity index (χ2v) is 8.62. The maximum absolute atomic E-state index is 13.5. The first kappa shape index (κ1) is 19.4. The molecule has 0 fully saturated rings. The molecule has 25 heavy (non-hydrogen) atoms. The molecule has 0 aliphatic carbocycles. The van der Waals surface area contributed by atoms with Crippen LogP contribution in [0, 0.1) is 5.82 Å². The maximum Gasteiger partial charge on any atom is 0.244 e. The number of amides is 1. The highest BCUT2D eigenvalue weighted by Crippen LogP contribution is 2.24. The van der Waals surface area contributed by atoms with Crippen LogP contribution in [0.25, 0.3) is 0 Å². The van der Waals surface area contributed by atoms with Gasteiger partial charge >= 0.3 is 0 Å². The number of sulfonamides is 1. The number of benzene rings is 2. The molecule has 2 rings (SSSR count). The molecule has 0 saturated carbocycles. The topological polar surface area (TPSA) is 66.5 Å². The zero-order chi connectivity index (χ0) is 18.4. The molecule has 2 aromatic carbocycles. The van der Waals surface area contributed by atoms with Gasteiger partial charge in [0.2, 0.25) is 15.9 Å². The molecule has 0 aliphatic heterocycles. The van der Waals surface area contributed by atoms with Crippen LogP contribution in [0.1, 0.15) is 6.42 Å². The van der Waals surface area contributed by atoms with Crippen molar-refractivity contribution in [3.05, 3.63) is 54.3 Å². The van der Waals surface area contributed by atoms with Crippen LogP contribution in [0.2, 0.25) is 0 Å². The van der Waals surface area contributed by atoms with Gasteiger partial charge in [0.05, 0.1) is 5.69 Å². The number of thioether (sulfide) groups is 1. The fourth-order valence-corrected chi connectivity index (χ4v) is 3.95. The summed E-state index contributed by atoms with van der Waals surface area (Å²) in [6.45, 7) is 0. The Hall–Kier alpha value is -1.90. The number of hydrogen-bond donors (Lipinski definition) is 1. The minimum Gasteiger partial charge on any atom is -0.325 e. The second-order valence-electron chi connectivity index (χ2n) is 5.36. The molecule has 0 aliphatic rings. The van der Waals surface area contributed by atoms with Gasteiger partial charge in [-0.15, -0.1) is 11.8 Å². The van der Waals surface area contributed by atoms with Crippen LogP contribution in [-0.4, -0.2) is 38.5 Å². The molecule has 0 spiro atoms. The summed E-state index contributed by atoms with van der Waals surface area (Å²) in [5.41, 5.74) is 0.233. The molecule has 8 heteroatoms. The third kappa shape index (κ3) is 5.04. The monoisotopic (exact) mass is 382 g/mol. The predicted octanol–water partition coefficient (Wildman–Crippen LogP) is 3.20. The second kappa shape index (κ2) is 8.46. The molecule has 0 bridgehead atoms. The molecule has 0 atom stereocenters. The lowest BCUT2D eigenvalue weighted by Gasteiger charge is -2.15. The van der Waals surface area contributed by atoms with E-state index < -0.39 is 10.0 Å². The zero-order valence-electron chi connectivity index (χ0n) is 13.9. The molecule has 0 radical (unpaired) electrons. The Bertz CT molecular complexity index is 854. The Kier molecular flexibility index (Phi) is 6.57. The van der Waals surface area contributed by atoms with Gasteiger partial charge in [0.25, 0.3) is 0 Å². The molecule has 2 aromatic rings. The van der Waals surface area contributed by atoms with E-state index in [1.807, 2.05) is 0 Å². The lowest BCUT2D eigenvalue weighted by molar-refractivity contribution is -0.115. The van der Waals surface area contributed by atoms with Gasteiger partial charge in [-0.2, -0.15) is 0 Å². The molecule has 0 aromatic heterocycles. The van der Waals surface area contributed by atoms with E-state index in [1.165, 1.54) is 44.1 Å². The van der Waals surface area contributed by atoms with Crippen molar-refractivity contribution >= 4 is 33.4 Å². The van der Waals surface area contributed by atoms with Gasteiger partial charge in [-0.1, -0.05) is 24.3 Å². The Morgan fingerprint density at radius 3 is 2.44 bits per heavy atom. The summed E-state index contributed by atoms with van der Waals surface area (Å²) < 4.78 is 39.2. The van der Waals surface area contributed by atoms with Crippen molar-refractivity contribution in [3.63, 3.8) is 0 Å². The molecule has 0 unspecified atom stereocenters. The van der Waals surface area contributed by atoms with Crippen LogP contribution in [0.3, 0.4) is 0 Å². The highest BCUT2D eigenvalue weighted by molar-refractivity contribution is 7.99. The quantitative estimate of drug-likeness (QED) is 0.747. The molecular formula is C17H19FN2O3S2. The number of nitrogens with one attached hydrogen (secondary N) is 1. The highest BCUT2D eigenvalue weighted by atomic mass is 32.2. The van der Waals surface area contributed by atoms with Crippen molar-refractivity contribution in [2.24, 2.45) is 0 Å². The summed E-state index contributed by atoms with van der Waals surface area (Å²) in [6, 6.07) is 12.6. The first-order chi connectivity index (χ1) is 11.8. The van der Waals surface area contributed by atoms with Gasteiger partial charge in [-0.05, 0) is 24.3 Å². The highest BCUT2D eigenvalue weighted by Gasteiger charge is 2.21. The number of nitrogens with zero attached hydrogens (tertiary/aromatic N) is 1. The smallest absolute Gasteiger partial charge is 0.244 e. The average molecular weight is 382 g/mol. The first-order valence-electron chi connectivity index (χ1n) is 7.51. The van der Waals surface area contributed by atoms with Gasteiger partial charge in [-0.3, -0.25) is 4.79 Å². The zero-order valence-corrected chi connectivity index (χ0v) is 15.5. The number of para-hydroxylation sites is 1. The van der Waals surface area contributed by atoms with E-state index in [0.717, 1.165) is 4.31 Å². The number of carbonyl (C=O) groups excluding carboxylic acids is 1. The van der Waals surface area contributed by atoms with Gasteiger partial charge in [0, 0.05) is 31.2 Å². The van der Waals surface area contributed by atoms with Gasteiger partial charge in [0.1, 0.15) is 10.7 Å². The van der Waals surface area contributed by atoms with E-state index >= 15 is 0 Å². The van der Waals surface area contributed by atoms with Gasteiger partial charge in [0.15, 0.2) is 0 Å². The van der Waals surface area contributed by atoms with Gasteiger partial charge < -0.3 is 5.32 Å². The Morgan fingerprint density at radius 1 is 1.12 bits per heavy atom. The van der Waals surface area contributed by atoms with Crippen LogP contribution in [-0.2, 0) is 14.8 Å². The third-order valence-electron chi connectivity index (χ3n) is 3.34. The molecule has 134 valence electrons. The number of halogens is 1. The van der Waals surface area contributed by atoms with E-state index in [2.05, 4.69) is 5.32 Å². The SMILES string of the molecule is CN(C)S(=O)(=O)c1ccccc1NC(=O)CCSc1ccccc1F. The fourth-order valence-electron chi connectivity index (χ4n) is 2.02. The van der Waals surface area contributed by atoms with Crippen LogP contribution >= 0.6 is 11.8 Å². The van der Waals surface area contributed by atoms with Crippen molar-refractivity contribution in [2.45, 2.75) is 16.2 Å². The third-order valence-corrected chi connectivity index (χ3v) is 6.27. The van der Waals surface area contributed by atoms with Crippen LogP contribution in [0.5, 0.6) is 0 Å². The molecule has 1 amide bonds. The number of carbonyl (C=O) groups is 1. The standard InChI is InChI=1S/C17H19FN2O3S2/c1-20(2)25(22,23)16-10-6-4-8-14(16)19-17(21)11-12-24-15-9-5-3-7-13(15)18/h3-10H,11-12H2,1-2H3,(H,19,21). The van der Waals surface area contributed by atoms with Crippen LogP contribution in [0.15, 0.2) is 58.3 Å². The van der Waals surface area contributed by atoms with E-state index in [4.69, 9.17) is 0 Å². The van der Waals surface area contributed by atoms with Crippen molar-refractivity contribution in [1.82, 2.24) is 4.31 Å². The average Bonchev–Trinajstić information content (AvgIpc) is 2.57. The minimum atomic E-state index is -3.66. The van der Waals surface area contributed by atoms with Gasteiger partial charge in [-0.25, -0.2) is 17.1 Å². The van der Waals surface area contributed by atoms with E-state index in [1.54, 1.807) is 30.3 Å². The van der Waals surface area contributed by atoms with Crippen molar-refractivity contribution in [2.75, 3.05) is 25.2 Å². The lowest BCUT2D eigenvalue weighted by atomic mass is 10.3. The number of rotatable bonds is 7. The first-order valence-corrected chi connectivity index (χ1v) is 9.93. The molecule has 0 heterocycles. The number of hydrogen-bond acceptors (Lipinski definition) is 4. The predicted molar refractivity (Wildman–Crippen MR) is 97.7 cm³/mol.